The molecule has 0 saturated carbocycles. The fourth-order valence-electron chi connectivity index (χ4n) is 3.90. The van der Waals surface area contributed by atoms with E-state index in [4.69, 9.17) is 4.74 Å². The molecule has 6 heteroatoms. The van der Waals surface area contributed by atoms with Gasteiger partial charge in [-0.05, 0) is 17.5 Å². The first-order valence-electron chi connectivity index (χ1n) is 8.51. The number of methoxy groups -OCH3 is 1. The number of aryl methyl sites for hydroxylation is 1. The zero-order chi connectivity index (χ0) is 19.3. The van der Waals surface area contributed by atoms with E-state index in [1.807, 2.05) is 43.3 Å². The molecule has 2 N–H and O–H groups in total. The average molecular weight is 363 g/mol. The summed E-state index contributed by atoms with van der Waals surface area (Å²) in [6.07, 6.45) is 0.662. The number of carbonyl (C=O) groups is 2. The molecule has 4 rings (SSSR count). The van der Waals surface area contributed by atoms with Crippen molar-refractivity contribution in [1.29, 1.82) is 0 Å². The minimum Gasteiger partial charge on any atom is -0.497 e. The summed E-state index contributed by atoms with van der Waals surface area (Å²) < 4.78 is 7.08. The van der Waals surface area contributed by atoms with E-state index in [9.17, 15) is 19.8 Å². The Hall–Kier alpha value is -3.54. The van der Waals surface area contributed by atoms with Crippen molar-refractivity contribution in [3.63, 3.8) is 0 Å². The molecule has 0 aliphatic carbocycles. The molecule has 1 aromatic carbocycles. The van der Waals surface area contributed by atoms with Crippen LogP contribution in [0.1, 0.15) is 33.2 Å². The van der Waals surface area contributed by atoms with Gasteiger partial charge in [-0.15, -0.1) is 0 Å². The molecule has 0 amide bonds. The lowest BCUT2D eigenvalue weighted by Gasteiger charge is -2.07. The average Bonchev–Trinajstić information content (AvgIpc) is 3.17. The highest BCUT2D eigenvalue weighted by atomic mass is 16.5. The van der Waals surface area contributed by atoms with E-state index >= 15 is 0 Å². The second-order valence-corrected chi connectivity index (χ2v) is 6.28. The Bertz CT molecular complexity index is 1190. The molecule has 6 nitrogen and oxygen atoms in total. The number of rotatable bonds is 5. The standard InChI is InChI=1S/C21H17NO5/c1-3-13-14-9-12(27-2)10-15-17(20(23)24)18(21(25)26)19(22(14)15)16(13)11-7-5-4-6-8-11/h4-10H,3H2,1-2H3,(H,23,24)(H,25,26). The molecule has 136 valence electrons. The van der Waals surface area contributed by atoms with Crippen molar-refractivity contribution in [2.75, 3.05) is 7.11 Å². The van der Waals surface area contributed by atoms with Crippen molar-refractivity contribution in [3.05, 3.63) is 59.2 Å². The van der Waals surface area contributed by atoms with E-state index in [1.165, 1.54) is 7.11 Å². The Kier molecular flexibility index (Phi) is 3.77. The van der Waals surface area contributed by atoms with Crippen LogP contribution in [0.2, 0.25) is 0 Å². The second-order valence-electron chi connectivity index (χ2n) is 6.28. The van der Waals surface area contributed by atoms with Crippen LogP contribution in [0.15, 0.2) is 42.5 Å². The van der Waals surface area contributed by atoms with Gasteiger partial charge in [-0.1, -0.05) is 37.3 Å². The summed E-state index contributed by atoms with van der Waals surface area (Å²) >= 11 is 0. The van der Waals surface area contributed by atoms with Crippen LogP contribution in [-0.2, 0) is 6.42 Å². The summed E-state index contributed by atoms with van der Waals surface area (Å²) in [5, 5.41) is 19.6. The first-order chi connectivity index (χ1) is 13.0. The third-order valence-electron chi connectivity index (χ3n) is 4.93. The fraction of sp³-hybridized carbons (Fsp3) is 0.143. The lowest BCUT2D eigenvalue weighted by Crippen LogP contribution is -2.06. The van der Waals surface area contributed by atoms with Crippen molar-refractivity contribution < 1.29 is 24.5 Å². The first-order valence-corrected chi connectivity index (χ1v) is 8.51. The zero-order valence-corrected chi connectivity index (χ0v) is 14.8. The Labute approximate surface area is 154 Å². The van der Waals surface area contributed by atoms with Crippen LogP contribution in [0, 0.1) is 0 Å². The van der Waals surface area contributed by atoms with Crippen molar-refractivity contribution in [2.24, 2.45) is 0 Å². The van der Waals surface area contributed by atoms with Crippen LogP contribution >= 0.6 is 0 Å². The molecule has 0 radical (unpaired) electrons. The Morgan fingerprint density at radius 2 is 1.63 bits per heavy atom. The number of pyridine rings is 1. The summed E-state index contributed by atoms with van der Waals surface area (Å²) in [5.41, 5.74) is 3.64. The zero-order valence-electron chi connectivity index (χ0n) is 14.8. The van der Waals surface area contributed by atoms with Gasteiger partial charge in [0.1, 0.15) is 16.9 Å². The Balaban J connectivity index is 2.33. The molecule has 0 saturated heterocycles. The van der Waals surface area contributed by atoms with Gasteiger partial charge in [0, 0.05) is 17.7 Å². The molecule has 3 aromatic heterocycles. The summed E-state index contributed by atoms with van der Waals surface area (Å²) in [4.78, 5) is 24.0. The molecule has 0 bridgehead atoms. The van der Waals surface area contributed by atoms with E-state index in [1.54, 1.807) is 10.5 Å². The Morgan fingerprint density at radius 1 is 1.00 bits per heavy atom. The van der Waals surface area contributed by atoms with E-state index in [-0.39, 0.29) is 11.1 Å². The van der Waals surface area contributed by atoms with Crippen molar-refractivity contribution in [3.8, 4) is 16.9 Å². The maximum atomic E-state index is 12.1. The number of ether oxygens (including phenoxy) is 1. The lowest BCUT2D eigenvalue weighted by atomic mass is 9.97. The maximum Gasteiger partial charge on any atom is 0.338 e. The quantitative estimate of drug-likeness (QED) is 0.556. The topological polar surface area (TPSA) is 88.2 Å². The van der Waals surface area contributed by atoms with Crippen LogP contribution in [0.25, 0.3) is 27.7 Å². The number of benzene rings is 1. The van der Waals surface area contributed by atoms with Crippen LogP contribution in [-0.4, -0.2) is 33.7 Å². The third-order valence-corrected chi connectivity index (χ3v) is 4.93. The molecule has 0 atom stereocenters. The predicted molar refractivity (Wildman–Crippen MR) is 101 cm³/mol. The van der Waals surface area contributed by atoms with Crippen molar-refractivity contribution >= 4 is 28.5 Å². The molecule has 0 spiro atoms. The van der Waals surface area contributed by atoms with Gasteiger partial charge in [0.2, 0.25) is 0 Å². The normalized spacial score (nSPS) is 11.3. The molecular weight excluding hydrogens is 346 g/mol. The van der Waals surface area contributed by atoms with Crippen LogP contribution in [0.3, 0.4) is 0 Å². The van der Waals surface area contributed by atoms with Gasteiger partial charge in [0.15, 0.2) is 0 Å². The highest BCUT2D eigenvalue weighted by Gasteiger charge is 2.32. The molecule has 0 unspecified atom stereocenters. The van der Waals surface area contributed by atoms with Gasteiger partial charge < -0.3 is 19.4 Å². The van der Waals surface area contributed by atoms with Crippen LogP contribution < -0.4 is 4.74 Å². The molecule has 0 aliphatic rings. The van der Waals surface area contributed by atoms with Gasteiger partial charge in [0.05, 0.1) is 23.7 Å². The highest BCUT2D eigenvalue weighted by molar-refractivity contribution is 6.17. The van der Waals surface area contributed by atoms with Crippen LogP contribution in [0.5, 0.6) is 5.75 Å². The minimum absolute atomic E-state index is 0.195. The fourth-order valence-corrected chi connectivity index (χ4v) is 3.90. The molecule has 4 aromatic rings. The Morgan fingerprint density at radius 3 is 2.19 bits per heavy atom. The van der Waals surface area contributed by atoms with Gasteiger partial charge in [0.25, 0.3) is 0 Å². The van der Waals surface area contributed by atoms with Gasteiger partial charge in [-0.3, -0.25) is 0 Å². The van der Waals surface area contributed by atoms with E-state index in [2.05, 4.69) is 0 Å². The second kappa shape index (κ2) is 6.02. The first kappa shape index (κ1) is 16.9. The number of nitrogens with zero attached hydrogens (tertiary/aromatic N) is 1. The predicted octanol–water partition coefficient (Wildman–Crippen LogP) is 4.16. The van der Waals surface area contributed by atoms with Crippen LogP contribution in [0.4, 0.5) is 0 Å². The molecule has 0 fully saturated rings. The minimum atomic E-state index is -1.28. The maximum absolute atomic E-state index is 12.1. The SMILES string of the molecule is CCc1c(-c2ccccc2)c2c(C(=O)O)c(C(=O)O)c3cc(OC)cc1n32. The number of hydrogen-bond donors (Lipinski definition) is 2. The van der Waals surface area contributed by atoms with Crippen molar-refractivity contribution in [1.82, 2.24) is 4.40 Å². The largest absolute Gasteiger partial charge is 0.497 e. The summed E-state index contributed by atoms with van der Waals surface area (Å²) in [7, 11) is 1.50. The monoisotopic (exact) mass is 363 g/mol. The smallest absolute Gasteiger partial charge is 0.338 e. The van der Waals surface area contributed by atoms with Gasteiger partial charge in [-0.2, -0.15) is 0 Å². The highest BCUT2D eigenvalue weighted by Crippen LogP contribution is 2.42. The lowest BCUT2D eigenvalue weighted by molar-refractivity contribution is 0.0655. The number of hydrogen-bond acceptors (Lipinski definition) is 3. The molecule has 0 aliphatic heterocycles. The van der Waals surface area contributed by atoms with E-state index in [0.29, 0.717) is 23.2 Å². The van der Waals surface area contributed by atoms with E-state index < -0.39 is 11.9 Å². The van der Waals surface area contributed by atoms with Gasteiger partial charge >= 0.3 is 11.9 Å². The number of carboxylic acid groups (broad SMARTS) is 2. The summed E-state index contributed by atoms with van der Waals surface area (Å²) in [5.74, 6) is -2.05. The van der Waals surface area contributed by atoms with Gasteiger partial charge in [-0.25, -0.2) is 9.59 Å². The number of aromatic nitrogens is 1. The molecule has 27 heavy (non-hydrogen) atoms. The molecular formula is C21H17NO5. The summed E-state index contributed by atoms with van der Waals surface area (Å²) in [6.45, 7) is 1.99. The third kappa shape index (κ3) is 2.26. The number of carboxylic acids is 2. The molecule has 3 heterocycles. The number of aromatic carboxylic acids is 2. The van der Waals surface area contributed by atoms with Crippen molar-refractivity contribution in [2.45, 2.75) is 13.3 Å². The summed E-state index contributed by atoms with van der Waals surface area (Å²) in [6, 6.07) is 12.8. The van der Waals surface area contributed by atoms with E-state index in [0.717, 1.165) is 22.2 Å².